The Labute approximate surface area is 322 Å². The van der Waals surface area contributed by atoms with E-state index in [1.54, 1.807) is 0 Å². The van der Waals surface area contributed by atoms with Gasteiger partial charge < -0.3 is 9.47 Å². The fourth-order valence-corrected chi connectivity index (χ4v) is 6.10. The molecule has 0 aliphatic carbocycles. The van der Waals surface area contributed by atoms with E-state index in [0.717, 1.165) is 61.2 Å². The molecule has 0 N–H and O–H groups in total. The molecule has 0 unspecified atom stereocenters. The van der Waals surface area contributed by atoms with Crippen molar-refractivity contribution < 1.29 is 9.47 Å². The molecule has 1 aliphatic rings. The standard InChI is InChI=1S/C53H32O2/c1-2-14-42(41(13-1)27-25-40-26-28-49-21-9-10-23-51(49)39-40)29-30-43-15-3-4-16-44(43)31-32-45-17-5-6-18-46(45)33-34-47-19-7-8-20-48(47)35-36-50-22-11-12-24-52(50)53-54-37-38-55-53/h1-24,26,28,39,53H,37-38H2. The first kappa shape index (κ1) is 34.6. The highest BCUT2D eigenvalue weighted by Crippen LogP contribution is 2.26. The molecule has 0 amide bonds. The first-order valence-corrected chi connectivity index (χ1v) is 18.0. The van der Waals surface area contributed by atoms with E-state index in [1.807, 2.05) is 133 Å². The quantitative estimate of drug-likeness (QED) is 0.159. The maximum absolute atomic E-state index is 5.74. The molecule has 0 atom stereocenters. The fourth-order valence-electron chi connectivity index (χ4n) is 6.10. The molecule has 7 aromatic rings. The molecule has 55 heavy (non-hydrogen) atoms. The van der Waals surface area contributed by atoms with Crippen molar-refractivity contribution in [2.75, 3.05) is 13.2 Å². The van der Waals surface area contributed by atoms with Gasteiger partial charge in [0.1, 0.15) is 0 Å². The molecular formula is C53H32O2. The van der Waals surface area contributed by atoms with Crippen LogP contribution in [-0.2, 0) is 9.47 Å². The van der Waals surface area contributed by atoms with Crippen molar-refractivity contribution in [1.29, 1.82) is 0 Å². The van der Waals surface area contributed by atoms with Gasteiger partial charge in [0, 0.05) is 61.2 Å². The van der Waals surface area contributed by atoms with Crippen molar-refractivity contribution in [2.24, 2.45) is 0 Å². The van der Waals surface area contributed by atoms with Crippen LogP contribution in [0.25, 0.3) is 10.8 Å². The molecule has 2 heteroatoms. The lowest BCUT2D eigenvalue weighted by molar-refractivity contribution is -0.0442. The number of benzene rings is 7. The Bertz CT molecular complexity index is 2870. The van der Waals surface area contributed by atoms with Crippen LogP contribution >= 0.6 is 0 Å². The third-order valence-corrected chi connectivity index (χ3v) is 8.96. The summed E-state index contributed by atoms with van der Waals surface area (Å²) >= 11 is 0. The van der Waals surface area contributed by atoms with Gasteiger partial charge in [0.25, 0.3) is 0 Å². The van der Waals surface area contributed by atoms with Crippen LogP contribution in [0.5, 0.6) is 0 Å². The highest BCUT2D eigenvalue weighted by molar-refractivity contribution is 5.83. The predicted octanol–water partition coefficient (Wildman–Crippen LogP) is 9.88. The monoisotopic (exact) mass is 700 g/mol. The minimum Gasteiger partial charge on any atom is -0.346 e. The van der Waals surface area contributed by atoms with Gasteiger partial charge in [-0.1, -0.05) is 156 Å². The number of ether oxygens (including phenoxy) is 2. The van der Waals surface area contributed by atoms with Crippen LogP contribution in [0.4, 0.5) is 0 Å². The summed E-state index contributed by atoms with van der Waals surface area (Å²) in [5, 5.41) is 2.37. The molecule has 0 radical (unpaired) electrons. The predicted molar refractivity (Wildman–Crippen MR) is 221 cm³/mol. The second-order valence-electron chi connectivity index (χ2n) is 12.7. The third kappa shape index (κ3) is 8.60. The van der Waals surface area contributed by atoms with Crippen molar-refractivity contribution in [3.8, 4) is 59.2 Å². The smallest absolute Gasteiger partial charge is 0.185 e. The zero-order valence-corrected chi connectivity index (χ0v) is 29.9. The zero-order chi connectivity index (χ0) is 37.1. The van der Waals surface area contributed by atoms with Crippen LogP contribution in [0.2, 0.25) is 0 Å². The Hall–Kier alpha value is -7.48. The summed E-state index contributed by atoms with van der Waals surface area (Å²) in [6, 6.07) is 54.3. The average molecular weight is 701 g/mol. The largest absolute Gasteiger partial charge is 0.346 e. The summed E-state index contributed by atoms with van der Waals surface area (Å²) in [4.78, 5) is 0. The Morgan fingerprint density at radius 3 is 1.07 bits per heavy atom. The number of hydrogen-bond acceptors (Lipinski definition) is 2. The Kier molecular flexibility index (Phi) is 10.6. The van der Waals surface area contributed by atoms with E-state index < -0.39 is 0 Å². The summed E-state index contributed by atoms with van der Waals surface area (Å²) in [6.45, 7) is 1.16. The first-order valence-electron chi connectivity index (χ1n) is 18.0. The summed E-state index contributed by atoms with van der Waals surface area (Å²) in [5.41, 5.74) is 9.55. The maximum Gasteiger partial charge on any atom is 0.185 e. The molecule has 1 aliphatic heterocycles. The van der Waals surface area contributed by atoms with Crippen LogP contribution in [0.1, 0.15) is 67.5 Å². The number of fused-ring (bicyclic) bond motifs is 1. The van der Waals surface area contributed by atoms with Crippen molar-refractivity contribution in [3.05, 3.63) is 225 Å². The lowest BCUT2D eigenvalue weighted by Crippen LogP contribution is -2.00. The molecule has 0 aromatic heterocycles. The lowest BCUT2D eigenvalue weighted by atomic mass is 10.0. The van der Waals surface area contributed by atoms with Crippen LogP contribution < -0.4 is 0 Å². The molecule has 2 nitrogen and oxygen atoms in total. The number of hydrogen-bond donors (Lipinski definition) is 0. The van der Waals surface area contributed by atoms with Gasteiger partial charge in [0.2, 0.25) is 0 Å². The molecule has 7 aromatic carbocycles. The van der Waals surface area contributed by atoms with E-state index in [1.165, 1.54) is 10.8 Å². The van der Waals surface area contributed by atoms with Crippen LogP contribution in [0, 0.1) is 59.2 Å². The highest BCUT2D eigenvalue weighted by atomic mass is 16.7. The molecule has 1 saturated heterocycles. The molecule has 256 valence electrons. The van der Waals surface area contributed by atoms with Crippen LogP contribution in [-0.4, -0.2) is 13.2 Å². The summed E-state index contributed by atoms with van der Waals surface area (Å²) in [7, 11) is 0. The van der Waals surface area contributed by atoms with E-state index in [4.69, 9.17) is 9.47 Å². The van der Waals surface area contributed by atoms with Gasteiger partial charge in [-0.05, 0) is 77.5 Å². The summed E-state index contributed by atoms with van der Waals surface area (Å²) in [6.07, 6.45) is -0.388. The number of rotatable bonds is 1. The Morgan fingerprint density at radius 2 is 0.636 bits per heavy atom. The van der Waals surface area contributed by atoms with E-state index in [9.17, 15) is 0 Å². The van der Waals surface area contributed by atoms with E-state index in [2.05, 4.69) is 89.5 Å². The third-order valence-electron chi connectivity index (χ3n) is 8.96. The van der Waals surface area contributed by atoms with Gasteiger partial charge in [0.05, 0.1) is 13.2 Å². The van der Waals surface area contributed by atoms with Gasteiger partial charge in [-0.3, -0.25) is 0 Å². The van der Waals surface area contributed by atoms with Gasteiger partial charge in [0.15, 0.2) is 6.29 Å². The van der Waals surface area contributed by atoms with Crippen molar-refractivity contribution in [1.82, 2.24) is 0 Å². The normalized spacial score (nSPS) is 11.6. The molecular weight excluding hydrogens is 669 g/mol. The Morgan fingerprint density at radius 1 is 0.309 bits per heavy atom. The fraction of sp³-hybridized carbons (Fsp3) is 0.0566. The molecule has 1 heterocycles. The van der Waals surface area contributed by atoms with Gasteiger partial charge in [-0.2, -0.15) is 0 Å². The zero-order valence-electron chi connectivity index (χ0n) is 29.9. The molecule has 0 saturated carbocycles. The van der Waals surface area contributed by atoms with Gasteiger partial charge >= 0.3 is 0 Å². The van der Waals surface area contributed by atoms with Crippen molar-refractivity contribution in [2.45, 2.75) is 6.29 Å². The Balaban J connectivity index is 1.04. The van der Waals surface area contributed by atoms with Gasteiger partial charge in [-0.15, -0.1) is 0 Å². The van der Waals surface area contributed by atoms with E-state index in [-0.39, 0.29) is 6.29 Å². The van der Waals surface area contributed by atoms with E-state index >= 15 is 0 Å². The first-order chi connectivity index (χ1) is 27.3. The van der Waals surface area contributed by atoms with Crippen molar-refractivity contribution >= 4 is 10.8 Å². The summed E-state index contributed by atoms with van der Waals surface area (Å²) in [5.74, 6) is 33.5. The van der Waals surface area contributed by atoms with Gasteiger partial charge in [-0.25, -0.2) is 0 Å². The molecule has 0 spiro atoms. The molecule has 1 fully saturated rings. The maximum atomic E-state index is 5.74. The molecule has 8 rings (SSSR count). The van der Waals surface area contributed by atoms with E-state index in [0.29, 0.717) is 13.2 Å². The second kappa shape index (κ2) is 16.9. The average Bonchev–Trinajstić information content (AvgIpc) is 3.79. The van der Waals surface area contributed by atoms with Crippen LogP contribution in [0.15, 0.2) is 164 Å². The topological polar surface area (TPSA) is 18.5 Å². The minimum absolute atomic E-state index is 0.388. The SMILES string of the molecule is C(#Cc1ccccc1C#Cc1ccccc1C#Cc1ccccc1C#Cc1ccccc1C#Cc1ccccc1C1OCCO1)c1ccc2ccccc2c1. The van der Waals surface area contributed by atoms with Crippen LogP contribution in [0.3, 0.4) is 0 Å². The lowest BCUT2D eigenvalue weighted by Gasteiger charge is -2.10. The second-order valence-corrected chi connectivity index (χ2v) is 12.7. The highest BCUT2D eigenvalue weighted by Gasteiger charge is 2.20. The summed E-state index contributed by atoms with van der Waals surface area (Å²) < 4.78 is 11.5. The minimum atomic E-state index is -0.388. The van der Waals surface area contributed by atoms with Crippen molar-refractivity contribution in [3.63, 3.8) is 0 Å². The molecule has 0 bridgehead atoms.